The highest BCUT2D eigenvalue weighted by Crippen LogP contribution is 2.30. The second kappa shape index (κ2) is 9.62. The van der Waals surface area contributed by atoms with Gasteiger partial charge >= 0.3 is 5.97 Å². The lowest BCUT2D eigenvalue weighted by molar-refractivity contribution is -0.149. The minimum absolute atomic E-state index is 0.00240. The molecule has 26 heavy (non-hydrogen) atoms. The van der Waals surface area contributed by atoms with E-state index < -0.39 is 23.0 Å². The summed E-state index contributed by atoms with van der Waals surface area (Å²) in [6.45, 7) is 2.40. The van der Waals surface area contributed by atoms with Gasteiger partial charge in [0.05, 0.1) is 24.2 Å². The molecule has 0 bridgehead atoms. The van der Waals surface area contributed by atoms with Crippen LogP contribution in [0.2, 0.25) is 0 Å². The maximum atomic E-state index is 14.2. The van der Waals surface area contributed by atoms with E-state index in [4.69, 9.17) is 15.2 Å². The van der Waals surface area contributed by atoms with E-state index in [1.165, 1.54) is 0 Å². The normalized spacial score (nSPS) is 19.8. The van der Waals surface area contributed by atoms with Gasteiger partial charge in [-0.05, 0) is 45.6 Å². The minimum Gasteiger partial charge on any atom is -0.490 e. The van der Waals surface area contributed by atoms with Crippen molar-refractivity contribution in [3.63, 3.8) is 0 Å². The SMILES string of the molecule is CCOC(=O)C1CCC(Oc2cc(F)c(C(=O)CCCN)c(F)c2)CC1. The van der Waals surface area contributed by atoms with Crippen LogP contribution in [-0.4, -0.2) is 31.0 Å². The highest BCUT2D eigenvalue weighted by atomic mass is 19.1. The van der Waals surface area contributed by atoms with E-state index in [2.05, 4.69) is 0 Å². The van der Waals surface area contributed by atoms with Gasteiger partial charge in [0.25, 0.3) is 0 Å². The zero-order valence-electron chi connectivity index (χ0n) is 14.9. The van der Waals surface area contributed by atoms with Gasteiger partial charge in [0.2, 0.25) is 0 Å². The quantitative estimate of drug-likeness (QED) is 0.561. The van der Waals surface area contributed by atoms with E-state index in [0.29, 0.717) is 38.7 Å². The number of carbonyl (C=O) groups excluding carboxylic acids is 2. The first kappa shape index (κ1) is 20.3. The number of benzene rings is 1. The highest BCUT2D eigenvalue weighted by Gasteiger charge is 2.28. The number of esters is 1. The maximum absolute atomic E-state index is 14.2. The number of hydrogen-bond acceptors (Lipinski definition) is 5. The molecule has 5 nitrogen and oxygen atoms in total. The highest BCUT2D eigenvalue weighted by molar-refractivity contribution is 5.96. The smallest absolute Gasteiger partial charge is 0.308 e. The van der Waals surface area contributed by atoms with Crippen molar-refractivity contribution in [2.24, 2.45) is 11.7 Å². The molecule has 1 aliphatic carbocycles. The van der Waals surface area contributed by atoms with Crippen LogP contribution in [-0.2, 0) is 9.53 Å². The minimum atomic E-state index is -0.928. The summed E-state index contributed by atoms with van der Waals surface area (Å²) in [6.07, 6.45) is 2.59. The standard InChI is InChI=1S/C19H25F2NO4/c1-2-25-19(24)12-5-7-13(8-6-12)26-14-10-15(20)18(16(21)11-14)17(23)4-3-9-22/h10-13H,2-9,22H2,1H3. The number of nitrogens with two attached hydrogens (primary N) is 1. The van der Waals surface area contributed by atoms with Gasteiger partial charge in [-0.3, -0.25) is 9.59 Å². The Kier molecular flexibility index (Phi) is 7.50. The Bertz CT molecular complexity index is 619. The van der Waals surface area contributed by atoms with Gasteiger partial charge in [-0.15, -0.1) is 0 Å². The average molecular weight is 369 g/mol. The summed E-state index contributed by atoms with van der Waals surface area (Å²) in [5, 5.41) is 0. The van der Waals surface area contributed by atoms with Crippen LogP contribution in [0, 0.1) is 17.6 Å². The number of halogens is 2. The van der Waals surface area contributed by atoms with Gasteiger partial charge in [-0.2, -0.15) is 0 Å². The van der Waals surface area contributed by atoms with Crippen LogP contribution in [0.25, 0.3) is 0 Å². The second-order valence-electron chi connectivity index (χ2n) is 6.42. The molecule has 7 heteroatoms. The average Bonchev–Trinajstić information content (AvgIpc) is 2.60. The fourth-order valence-electron chi connectivity index (χ4n) is 3.14. The van der Waals surface area contributed by atoms with Crippen molar-refractivity contribution in [1.82, 2.24) is 0 Å². The predicted octanol–water partition coefficient (Wildman–Crippen LogP) is 3.39. The summed E-state index contributed by atoms with van der Waals surface area (Å²) < 4.78 is 39.0. The third kappa shape index (κ3) is 5.24. The Morgan fingerprint density at radius 3 is 2.31 bits per heavy atom. The summed E-state index contributed by atoms with van der Waals surface area (Å²) in [5.74, 6) is -2.76. The third-order valence-corrected chi connectivity index (χ3v) is 4.50. The molecule has 0 saturated heterocycles. The summed E-state index contributed by atoms with van der Waals surface area (Å²) in [6, 6.07) is 2.08. The molecular formula is C19H25F2NO4. The molecule has 0 amide bonds. The van der Waals surface area contributed by atoms with E-state index in [-0.39, 0.29) is 36.7 Å². The number of hydrogen-bond donors (Lipinski definition) is 1. The fourth-order valence-corrected chi connectivity index (χ4v) is 3.14. The first-order valence-corrected chi connectivity index (χ1v) is 9.01. The van der Waals surface area contributed by atoms with Gasteiger partial charge in [-0.25, -0.2) is 8.78 Å². The van der Waals surface area contributed by atoms with Crippen molar-refractivity contribution in [3.8, 4) is 5.75 Å². The summed E-state index contributed by atoms with van der Waals surface area (Å²) >= 11 is 0. The summed E-state index contributed by atoms with van der Waals surface area (Å²) in [5.41, 5.74) is 4.77. The first-order valence-electron chi connectivity index (χ1n) is 9.01. The van der Waals surface area contributed by atoms with Crippen molar-refractivity contribution in [2.45, 2.75) is 51.6 Å². The monoisotopic (exact) mass is 369 g/mol. The fraction of sp³-hybridized carbons (Fsp3) is 0.579. The van der Waals surface area contributed by atoms with Gasteiger partial charge in [0.1, 0.15) is 17.4 Å². The molecule has 144 valence electrons. The molecule has 1 saturated carbocycles. The predicted molar refractivity (Wildman–Crippen MR) is 92.0 cm³/mol. The van der Waals surface area contributed by atoms with E-state index in [1.54, 1.807) is 6.92 Å². The largest absolute Gasteiger partial charge is 0.490 e. The molecule has 1 aromatic rings. The Hall–Kier alpha value is -2.02. The van der Waals surface area contributed by atoms with Crippen LogP contribution in [0.1, 0.15) is 55.8 Å². The molecule has 0 unspecified atom stereocenters. The lowest BCUT2D eigenvalue weighted by Crippen LogP contribution is -2.29. The molecule has 0 spiro atoms. The third-order valence-electron chi connectivity index (χ3n) is 4.50. The molecule has 0 aromatic heterocycles. The first-order chi connectivity index (χ1) is 12.5. The van der Waals surface area contributed by atoms with Crippen LogP contribution < -0.4 is 10.5 Å². The van der Waals surface area contributed by atoms with E-state index in [9.17, 15) is 18.4 Å². The molecule has 0 heterocycles. The van der Waals surface area contributed by atoms with Crippen LogP contribution in [0.4, 0.5) is 8.78 Å². The van der Waals surface area contributed by atoms with Crippen molar-refractivity contribution in [3.05, 3.63) is 29.3 Å². The lowest BCUT2D eigenvalue weighted by Gasteiger charge is -2.27. The molecule has 2 rings (SSSR count). The lowest BCUT2D eigenvalue weighted by atomic mass is 9.87. The van der Waals surface area contributed by atoms with E-state index in [1.807, 2.05) is 0 Å². The number of carbonyl (C=O) groups is 2. The number of ketones is 1. The Morgan fingerprint density at radius 1 is 1.15 bits per heavy atom. The van der Waals surface area contributed by atoms with E-state index >= 15 is 0 Å². The zero-order chi connectivity index (χ0) is 19.1. The molecule has 2 N–H and O–H groups in total. The van der Waals surface area contributed by atoms with Crippen LogP contribution in [0.5, 0.6) is 5.75 Å². The maximum Gasteiger partial charge on any atom is 0.308 e. The van der Waals surface area contributed by atoms with Crippen LogP contribution >= 0.6 is 0 Å². The van der Waals surface area contributed by atoms with E-state index in [0.717, 1.165) is 12.1 Å². The van der Waals surface area contributed by atoms with Crippen LogP contribution in [0.15, 0.2) is 12.1 Å². The zero-order valence-corrected chi connectivity index (χ0v) is 14.9. The molecule has 1 fully saturated rings. The molecule has 1 aliphatic rings. The van der Waals surface area contributed by atoms with Gasteiger partial charge in [0.15, 0.2) is 5.78 Å². The Morgan fingerprint density at radius 2 is 1.77 bits per heavy atom. The Balaban J connectivity index is 1.97. The van der Waals surface area contributed by atoms with Crippen molar-refractivity contribution in [1.29, 1.82) is 0 Å². The van der Waals surface area contributed by atoms with Crippen molar-refractivity contribution < 1.29 is 27.8 Å². The van der Waals surface area contributed by atoms with Crippen LogP contribution in [0.3, 0.4) is 0 Å². The topological polar surface area (TPSA) is 78.6 Å². The molecule has 0 radical (unpaired) electrons. The van der Waals surface area contributed by atoms with Crippen molar-refractivity contribution >= 4 is 11.8 Å². The molecule has 0 aliphatic heterocycles. The summed E-state index contributed by atoms with van der Waals surface area (Å²) in [7, 11) is 0. The molecule has 1 aromatic carbocycles. The number of Topliss-reactive ketones (excluding diaryl/α,β-unsaturated/α-hetero) is 1. The Labute approximate surface area is 151 Å². The number of rotatable bonds is 8. The van der Waals surface area contributed by atoms with Gasteiger partial charge in [-0.1, -0.05) is 0 Å². The number of ether oxygens (including phenoxy) is 2. The van der Waals surface area contributed by atoms with Gasteiger partial charge in [0, 0.05) is 18.6 Å². The summed E-state index contributed by atoms with van der Waals surface area (Å²) in [4.78, 5) is 23.6. The van der Waals surface area contributed by atoms with Gasteiger partial charge < -0.3 is 15.2 Å². The molecule has 0 atom stereocenters. The second-order valence-corrected chi connectivity index (χ2v) is 6.42. The van der Waals surface area contributed by atoms with Crippen molar-refractivity contribution in [2.75, 3.05) is 13.2 Å². The molecular weight excluding hydrogens is 344 g/mol.